The molecule has 0 saturated carbocycles. The molecule has 0 aromatic heterocycles. The quantitative estimate of drug-likeness (QED) is 0.646. The number of nitrogens with zero attached hydrogens (tertiary/aromatic N) is 1. The summed E-state index contributed by atoms with van der Waals surface area (Å²) in [6.07, 6.45) is 0. The van der Waals surface area contributed by atoms with Crippen LogP contribution in [-0.2, 0) is 9.59 Å². The van der Waals surface area contributed by atoms with Crippen LogP contribution in [0, 0.1) is 13.8 Å². The number of carbonyl (C=O) groups is 2. The van der Waals surface area contributed by atoms with Crippen molar-refractivity contribution in [2.45, 2.75) is 13.8 Å². The molecule has 5 nitrogen and oxygen atoms in total. The van der Waals surface area contributed by atoms with E-state index in [1.807, 2.05) is 44.2 Å². The van der Waals surface area contributed by atoms with Crippen molar-refractivity contribution in [2.24, 2.45) is 0 Å². The van der Waals surface area contributed by atoms with Crippen LogP contribution >= 0.6 is 15.9 Å². The minimum Gasteiger partial charge on any atom is -0.423 e. The van der Waals surface area contributed by atoms with Crippen molar-refractivity contribution < 1.29 is 14.3 Å². The van der Waals surface area contributed by atoms with Crippen LogP contribution in [0.2, 0.25) is 0 Å². The first kappa shape index (κ1) is 16.5. The van der Waals surface area contributed by atoms with E-state index >= 15 is 0 Å². The average Bonchev–Trinajstić information content (AvgIpc) is 2.50. The van der Waals surface area contributed by atoms with Crippen molar-refractivity contribution in [3.63, 3.8) is 0 Å². The maximum Gasteiger partial charge on any atom is 0.331 e. The highest BCUT2D eigenvalue weighted by Crippen LogP contribution is 2.32. The van der Waals surface area contributed by atoms with E-state index in [1.165, 1.54) is 0 Å². The largest absolute Gasteiger partial charge is 0.423 e. The number of hydrogen-bond acceptors (Lipinski definition) is 4. The zero-order valence-corrected chi connectivity index (χ0v) is 15.0. The Balaban J connectivity index is 1.75. The normalized spacial score (nSPS) is 13.3. The summed E-state index contributed by atoms with van der Waals surface area (Å²) in [6.45, 7) is 4.04. The predicted molar refractivity (Wildman–Crippen MR) is 96.5 cm³/mol. The number of halogens is 1. The van der Waals surface area contributed by atoms with Crippen molar-refractivity contribution in [2.75, 3.05) is 23.3 Å². The van der Waals surface area contributed by atoms with E-state index in [0.717, 1.165) is 21.3 Å². The number of carbonyl (C=O) groups excluding carboxylic acids is 2. The molecule has 1 aliphatic rings. The van der Waals surface area contributed by atoms with Crippen molar-refractivity contribution in [3.05, 3.63) is 52.0 Å². The predicted octanol–water partition coefficient (Wildman–Crippen LogP) is 3.43. The molecule has 1 N–H and O–H groups in total. The fourth-order valence-electron chi connectivity index (χ4n) is 2.55. The Morgan fingerprint density at radius 1 is 1.25 bits per heavy atom. The van der Waals surface area contributed by atoms with Gasteiger partial charge in [-0.25, -0.2) is 4.79 Å². The number of fused-ring (bicyclic) bond motifs is 1. The number of rotatable bonds is 3. The zero-order valence-electron chi connectivity index (χ0n) is 13.4. The highest BCUT2D eigenvalue weighted by molar-refractivity contribution is 9.10. The van der Waals surface area contributed by atoms with E-state index in [9.17, 15) is 9.59 Å². The van der Waals surface area contributed by atoms with E-state index < -0.39 is 0 Å². The van der Waals surface area contributed by atoms with Crippen LogP contribution < -0.4 is 15.0 Å². The molecule has 0 radical (unpaired) electrons. The average molecular weight is 389 g/mol. The number of hydrogen-bond donors (Lipinski definition) is 1. The third kappa shape index (κ3) is 3.59. The molecule has 2 aromatic carbocycles. The molecule has 0 unspecified atom stereocenters. The molecule has 1 aliphatic heterocycles. The summed E-state index contributed by atoms with van der Waals surface area (Å²) < 4.78 is 6.19. The Labute approximate surface area is 148 Å². The summed E-state index contributed by atoms with van der Waals surface area (Å²) >= 11 is 3.45. The van der Waals surface area contributed by atoms with Crippen molar-refractivity contribution >= 4 is 39.2 Å². The van der Waals surface area contributed by atoms with Crippen LogP contribution in [0.15, 0.2) is 40.9 Å². The van der Waals surface area contributed by atoms with Crippen LogP contribution in [-0.4, -0.2) is 25.0 Å². The molecule has 2 aromatic rings. The second-order valence-electron chi connectivity index (χ2n) is 5.81. The van der Waals surface area contributed by atoms with E-state index in [-0.39, 0.29) is 25.0 Å². The number of ether oxygens (including phenoxy) is 1. The zero-order chi connectivity index (χ0) is 17.3. The Hall–Kier alpha value is -2.34. The fraction of sp³-hybridized carbons (Fsp3) is 0.222. The van der Waals surface area contributed by atoms with Crippen molar-refractivity contribution in [3.8, 4) is 5.75 Å². The van der Waals surface area contributed by atoms with Gasteiger partial charge in [0.15, 0.2) is 5.75 Å². The Morgan fingerprint density at radius 2 is 2.04 bits per heavy atom. The lowest BCUT2D eigenvalue weighted by atomic mass is 10.1. The summed E-state index contributed by atoms with van der Waals surface area (Å²) in [5, 5.41) is 2.85. The molecule has 0 spiro atoms. The third-order valence-corrected chi connectivity index (χ3v) is 4.64. The second kappa shape index (κ2) is 6.65. The van der Waals surface area contributed by atoms with Crippen LogP contribution in [0.25, 0.3) is 0 Å². The first-order valence-corrected chi connectivity index (χ1v) is 8.34. The molecule has 0 fully saturated rings. The molecular formula is C18H17BrN2O3. The fourth-order valence-corrected chi connectivity index (χ4v) is 2.92. The second-order valence-corrected chi connectivity index (χ2v) is 6.67. The summed E-state index contributed by atoms with van der Waals surface area (Å²) in [5.41, 5.74) is 3.55. The lowest BCUT2D eigenvalue weighted by Crippen LogP contribution is -2.41. The SMILES string of the molecule is Cc1ccc2c(c1)OC(=O)CN2CC(=O)Nc1ccc(C)c(Br)c1. The highest BCUT2D eigenvalue weighted by Gasteiger charge is 2.25. The molecule has 0 bridgehead atoms. The van der Waals surface area contributed by atoms with Gasteiger partial charge in [-0.1, -0.05) is 28.1 Å². The van der Waals surface area contributed by atoms with Crippen molar-refractivity contribution in [1.29, 1.82) is 0 Å². The monoisotopic (exact) mass is 388 g/mol. The van der Waals surface area contributed by atoms with Gasteiger partial charge in [-0.3, -0.25) is 4.79 Å². The van der Waals surface area contributed by atoms with Gasteiger partial charge < -0.3 is 15.0 Å². The van der Waals surface area contributed by atoms with E-state index in [1.54, 1.807) is 11.0 Å². The van der Waals surface area contributed by atoms with Gasteiger partial charge in [-0.15, -0.1) is 0 Å². The third-order valence-electron chi connectivity index (χ3n) is 3.79. The highest BCUT2D eigenvalue weighted by atomic mass is 79.9. The lowest BCUT2D eigenvalue weighted by Gasteiger charge is -2.29. The van der Waals surface area contributed by atoms with Crippen LogP contribution in [0.1, 0.15) is 11.1 Å². The van der Waals surface area contributed by atoms with E-state index in [0.29, 0.717) is 11.4 Å². The van der Waals surface area contributed by atoms with Crippen molar-refractivity contribution in [1.82, 2.24) is 0 Å². The molecule has 1 amide bonds. The molecular weight excluding hydrogens is 372 g/mol. The Bertz CT molecular complexity index is 820. The molecule has 1 heterocycles. The number of nitrogens with one attached hydrogen (secondary N) is 1. The van der Waals surface area contributed by atoms with Gasteiger partial charge in [0.25, 0.3) is 0 Å². The first-order valence-electron chi connectivity index (χ1n) is 7.54. The Kier molecular flexibility index (Phi) is 4.57. The van der Waals surface area contributed by atoms with Gasteiger partial charge in [-0.05, 0) is 49.2 Å². The number of benzene rings is 2. The van der Waals surface area contributed by atoms with Gasteiger partial charge in [0.1, 0.15) is 6.54 Å². The number of anilines is 2. The molecule has 3 rings (SSSR count). The smallest absolute Gasteiger partial charge is 0.331 e. The summed E-state index contributed by atoms with van der Waals surface area (Å²) in [6, 6.07) is 11.2. The molecule has 0 aliphatic carbocycles. The minimum atomic E-state index is -0.362. The van der Waals surface area contributed by atoms with Gasteiger partial charge in [0, 0.05) is 10.2 Å². The topological polar surface area (TPSA) is 58.6 Å². The Morgan fingerprint density at radius 3 is 2.79 bits per heavy atom. The van der Waals surface area contributed by atoms with Crippen LogP contribution in [0.5, 0.6) is 5.75 Å². The number of amides is 1. The lowest BCUT2D eigenvalue weighted by molar-refractivity contribution is -0.133. The standard InChI is InChI=1S/C18H17BrN2O3/c1-11-3-6-15-16(7-11)24-18(23)10-21(15)9-17(22)20-13-5-4-12(2)14(19)8-13/h3-8H,9-10H2,1-2H3,(H,20,22). The number of esters is 1. The maximum atomic E-state index is 12.3. The summed E-state index contributed by atoms with van der Waals surface area (Å²) in [5.74, 6) is -0.0527. The minimum absolute atomic E-state index is 0.0566. The van der Waals surface area contributed by atoms with Gasteiger partial charge in [-0.2, -0.15) is 0 Å². The molecule has 6 heteroatoms. The van der Waals surface area contributed by atoms with Gasteiger partial charge >= 0.3 is 5.97 Å². The molecule has 24 heavy (non-hydrogen) atoms. The maximum absolute atomic E-state index is 12.3. The first-order chi connectivity index (χ1) is 11.4. The van der Waals surface area contributed by atoms with Gasteiger partial charge in [0.2, 0.25) is 5.91 Å². The summed E-state index contributed by atoms with van der Waals surface area (Å²) in [7, 11) is 0. The van der Waals surface area contributed by atoms with E-state index in [4.69, 9.17) is 4.74 Å². The molecule has 0 saturated heterocycles. The van der Waals surface area contributed by atoms with E-state index in [2.05, 4.69) is 21.2 Å². The van der Waals surface area contributed by atoms with Crippen LogP contribution in [0.4, 0.5) is 11.4 Å². The summed E-state index contributed by atoms with van der Waals surface area (Å²) in [4.78, 5) is 25.8. The molecule has 0 atom stereocenters. The number of aryl methyl sites for hydroxylation is 2. The molecule has 124 valence electrons. The van der Waals surface area contributed by atoms with Gasteiger partial charge in [0.05, 0.1) is 12.2 Å². The van der Waals surface area contributed by atoms with Crippen LogP contribution in [0.3, 0.4) is 0 Å².